The van der Waals surface area contributed by atoms with Gasteiger partial charge in [-0.15, -0.1) is 0 Å². The number of nitrogens with zero attached hydrogens (tertiary/aromatic N) is 2. The normalized spacial score (nSPS) is 10.8. The molecule has 0 fully saturated rings. The van der Waals surface area contributed by atoms with Gasteiger partial charge in [0.1, 0.15) is 11.6 Å². The molecule has 4 nitrogen and oxygen atoms in total. The standard InChI is InChI=1S/C17H19FN2O2/c1-10(2)16-19-12(4)11(3)17(20-16)22-9-15(21)13-5-7-14(18)8-6-13/h5-8,10H,9H2,1-4H3. The highest BCUT2D eigenvalue weighted by molar-refractivity contribution is 5.97. The summed E-state index contributed by atoms with van der Waals surface area (Å²) in [5, 5.41) is 0. The second kappa shape index (κ2) is 6.64. The monoisotopic (exact) mass is 302 g/mol. The lowest BCUT2D eigenvalue weighted by Gasteiger charge is -2.12. The average molecular weight is 302 g/mol. The fraction of sp³-hybridized carbons (Fsp3) is 0.353. The molecule has 116 valence electrons. The van der Waals surface area contributed by atoms with Crippen molar-refractivity contribution in [2.75, 3.05) is 6.61 Å². The number of hydrogen-bond donors (Lipinski definition) is 0. The van der Waals surface area contributed by atoms with Gasteiger partial charge in [0.25, 0.3) is 0 Å². The van der Waals surface area contributed by atoms with Crippen LogP contribution in [0.1, 0.15) is 47.2 Å². The van der Waals surface area contributed by atoms with E-state index in [0.29, 0.717) is 17.3 Å². The number of rotatable bonds is 5. The molecular weight excluding hydrogens is 283 g/mol. The van der Waals surface area contributed by atoms with E-state index >= 15 is 0 Å². The summed E-state index contributed by atoms with van der Waals surface area (Å²) < 4.78 is 18.4. The fourth-order valence-corrected chi connectivity index (χ4v) is 1.88. The van der Waals surface area contributed by atoms with Crippen LogP contribution in [-0.2, 0) is 0 Å². The first-order valence-electron chi connectivity index (χ1n) is 7.15. The minimum Gasteiger partial charge on any atom is -0.469 e. The van der Waals surface area contributed by atoms with E-state index in [1.807, 2.05) is 27.7 Å². The molecule has 2 aromatic rings. The van der Waals surface area contributed by atoms with Gasteiger partial charge in [-0.1, -0.05) is 13.8 Å². The van der Waals surface area contributed by atoms with E-state index in [1.165, 1.54) is 24.3 Å². The summed E-state index contributed by atoms with van der Waals surface area (Å²) in [5.41, 5.74) is 2.06. The quantitative estimate of drug-likeness (QED) is 0.792. The van der Waals surface area contributed by atoms with Gasteiger partial charge in [-0.3, -0.25) is 4.79 Å². The third-order valence-electron chi connectivity index (χ3n) is 3.38. The molecule has 0 spiro atoms. The molecule has 1 heterocycles. The molecular formula is C17H19FN2O2. The van der Waals surface area contributed by atoms with E-state index in [-0.39, 0.29) is 24.1 Å². The van der Waals surface area contributed by atoms with Crippen molar-refractivity contribution in [3.63, 3.8) is 0 Å². The van der Waals surface area contributed by atoms with Crippen molar-refractivity contribution in [1.82, 2.24) is 9.97 Å². The predicted molar refractivity (Wildman–Crippen MR) is 81.8 cm³/mol. The summed E-state index contributed by atoms with van der Waals surface area (Å²) in [4.78, 5) is 20.8. The van der Waals surface area contributed by atoms with Crippen molar-refractivity contribution < 1.29 is 13.9 Å². The Morgan fingerprint density at radius 2 is 1.82 bits per heavy atom. The number of benzene rings is 1. The van der Waals surface area contributed by atoms with E-state index in [1.54, 1.807) is 0 Å². The van der Waals surface area contributed by atoms with Crippen LogP contribution < -0.4 is 4.74 Å². The number of Topliss-reactive ketones (excluding diaryl/α,β-unsaturated/α-hetero) is 1. The molecule has 1 aromatic heterocycles. The van der Waals surface area contributed by atoms with Crippen molar-refractivity contribution in [3.05, 3.63) is 52.7 Å². The highest BCUT2D eigenvalue weighted by Crippen LogP contribution is 2.21. The van der Waals surface area contributed by atoms with E-state index in [2.05, 4.69) is 9.97 Å². The number of carbonyl (C=O) groups excluding carboxylic acids is 1. The van der Waals surface area contributed by atoms with Crippen LogP contribution in [0.3, 0.4) is 0 Å². The lowest BCUT2D eigenvalue weighted by atomic mass is 10.1. The van der Waals surface area contributed by atoms with Crippen LogP contribution in [0.2, 0.25) is 0 Å². The van der Waals surface area contributed by atoms with Gasteiger partial charge in [-0.2, -0.15) is 4.98 Å². The molecule has 1 aromatic carbocycles. The zero-order valence-corrected chi connectivity index (χ0v) is 13.2. The Hall–Kier alpha value is -2.30. The molecule has 0 radical (unpaired) electrons. The van der Waals surface area contributed by atoms with Gasteiger partial charge >= 0.3 is 0 Å². The predicted octanol–water partition coefficient (Wildman–Crippen LogP) is 3.62. The molecule has 0 aliphatic carbocycles. The van der Waals surface area contributed by atoms with E-state index in [0.717, 1.165) is 11.3 Å². The highest BCUT2D eigenvalue weighted by Gasteiger charge is 2.14. The van der Waals surface area contributed by atoms with Crippen LogP contribution in [0.15, 0.2) is 24.3 Å². The summed E-state index contributed by atoms with van der Waals surface area (Å²) in [5.74, 6) is 0.691. The van der Waals surface area contributed by atoms with Crippen LogP contribution in [-0.4, -0.2) is 22.4 Å². The van der Waals surface area contributed by atoms with Crippen LogP contribution in [0.5, 0.6) is 5.88 Å². The number of hydrogen-bond acceptors (Lipinski definition) is 4. The molecule has 0 saturated heterocycles. The fourth-order valence-electron chi connectivity index (χ4n) is 1.88. The molecule has 0 bridgehead atoms. The largest absolute Gasteiger partial charge is 0.469 e. The van der Waals surface area contributed by atoms with Gasteiger partial charge in [0.15, 0.2) is 12.4 Å². The highest BCUT2D eigenvalue weighted by atomic mass is 19.1. The Balaban J connectivity index is 2.14. The lowest BCUT2D eigenvalue weighted by molar-refractivity contribution is 0.0917. The molecule has 22 heavy (non-hydrogen) atoms. The Kier molecular flexibility index (Phi) is 4.85. The smallest absolute Gasteiger partial charge is 0.220 e. The van der Waals surface area contributed by atoms with Gasteiger partial charge < -0.3 is 4.74 Å². The summed E-state index contributed by atoms with van der Waals surface area (Å²) >= 11 is 0. The third-order valence-corrected chi connectivity index (χ3v) is 3.38. The first-order chi connectivity index (χ1) is 10.4. The number of aromatic nitrogens is 2. The minimum absolute atomic E-state index is 0.138. The SMILES string of the molecule is Cc1nc(C(C)C)nc(OCC(=O)c2ccc(F)cc2)c1C. The summed E-state index contributed by atoms with van der Waals surface area (Å²) in [6.07, 6.45) is 0. The second-order valence-electron chi connectivity index (χ2n) is 5.47. The summed E-state index contributed by atoms with van der Waals surface area (Å²) in [6.45, 7) is 7.60. The second-order valence-corrected chi connectivity index (χ2v) is 5.47. The van der Waals surface area contributed by atoms with Gasteiger partial charge in [0, 0.05) is 22.7 Å². The summed E-state index contributed by atoms with van der Waals surface area (Å²) in [6, 6.07) is 5.39. The van der Waals surface area contributed by atoms with E-state index < -0.39 is 0 Å². The molecule has 2 rings (SSSR count). The van der Waals surface area contributed by atoms with Crippen molar-refractivity contribution in [3.8, 4) is 5.88 Å². The number of ketones is 1. The van der Waals surface area contributed by atoms with Gasteiger partial charge in [-0.25, -0.2) is 9.37 Å². The Labute approximate surface area is 129 Å². The molecule has 0 aliphatic rings. The number of aryl methyl sites for hydroxylation is 1. The zero-order chi connectivity index (χ0) is 16.3. The number of ether oxygens (including phenoxy) is 1. The molecule has 0 aliphatic heterocycles. The lowest BCUT2D eigenvalue weighted by Crippen LogP contribution is -2.14. The van der Waals surface area contributed by atoms with Crippen LogP contribution in [0, 0.1) is 19.7 Å². The number of carbonyl (C=O) groups is 1. The Bertz CT molecular complexity index is 682. The van der Waals surface area contributed by atoms with Crippen molar-refractivity contribution >= 4 is 5.78 Å². The first-order valence-corrected chi connectivity index (χ1v) is 7.15. The van der Waals surface area contributed by atoms with Crippen molar-refractivity contribution in [2.45, 2.75) is 33.6 Å². The third kappa shape index (κ3) is 3.67. The topological polar surface area (TPSA) is 52.1 Å². The van der Waals surface area contributed by atoms with Gasteiger partial charge in [0.2, 0.25) is 5.88 Å². The minimum atomic E-state index is -0.374. The van der Waals surface area contributed by atoms with E-state index in [4.69, 9.17) is 4.74 Å². The molecule has 0 saturated carbocycles. The van der Waals surface area contributed by atoms with Crippen LogP contribution in [0.4, 0.5) is 4.39 Å². The molecule has 0 amide bonds. The molecule has 0 atom stereocenters. The Morgan fingerprint density at radius 1 is 1.18 bits per heavy atom. The molecule has 5 heteroatoms. The maximum absolute atomic E-state index is 12.9. The number of halogens is 1. The maximum Gasteiger partial charge on any atom is 0.220 e. The van der Waals surface area contributed by atoms with Crippen molar-refractivity contribution in [1.29, 1.82) is 0 Å². The average Bonchev–Trinajstić information content (AvgIpc) is 2.48. The maximum atomic E-state index is 12.9. The Morgan fingerprint density at radius 3 is 2.41 bits per heavy atom. The first kappa shape index (κ1) is 16.1. The van der Waals surface area contributed by atoms with E-state index in [9.17, 15) is 9.18 Å². The van der Waals surface area contributed by atoms with Gasteiger partial charge in [0.05, 0.1) is 0 Å². The van der Waals surface area contributed by atoms with Crippen LogP contribution in [0.25, 0.3) is 0 Å². The van der Waals surface area contributed by atoms with Crippen molar-refractivity contribution in [2.24, 2.45) is 0 Å². The summed E-state index contributed by atoms with van der Waals surface area (Å²) in [7, 11) is 0. The molecule has 0 unspecified atom stereocenters. The van der Waals surface area contributed by atoms with Crippen LogP contribution >= 0.6 is 0 Å². The molecule has 0 N–H and O–H groups in total. The van der Waals surface area contributed by atoms with Gasteiger partial charge in [-0.05, 0) is 38.1 Å². The zero-order valence-electron chi connectivity index (χ0n) is 13.2.